The van der Waals surface area contributed by atoms with Gasteiger partial charge in [0.05, 0.1) is 18.8 Å². The van der Waals surface area contributed by atoms with E-state index in [1.165, 1.54) is 199 Å². The van der Waals surface area contributed by atoms with Crippen molar-refractivity contribution in [3.8, 4) is 0 Å². The van der Waals surface area contributed by atoms with E-state index in [9.17, 15) is 15.0 Å². The molecule has 0 heterocycles. The topological polar surface area (TPSA) is 69.6 Å². The van der Waals surface area contributed by atoms with E-state index in [0.29, 0.717) is 6.42 Å². The lowest BCUT2D eigenvalue weighted by molar-refractivity contribution is -0.123. The molecule has 0 aromatic carbocycles. The molecule has 2 atom stereocenters. The molecule has 0 aliphatic heterocycles. The zero-order valence-electron chi connectivity index (χ0n) is 36.5. The second kappa shape index (κ2) is 46.0. The van der Waals surface area contributed by atoms with Crippen molar-refractivity contribution in [2.24, 2.45) is 0 Å². The lowest BCUT2D eigenvalue weighted by Gasteiger charge is -2.19. The van der Waals surface area contributed by atoms with Crippen LogP contribution in [0.4, 0.5) is 0 Å². The summed E-state index contributed by atoms with van der Waals surface area (Å²) in [7, 11) is 0. The molecule has 0 spiro atoms. The molecule has 0 fully saturated rings. The number of nitrogens with one attached hydrogen (secondary N) is 1. The van der Waals surface area contributed by atoms with Crippen LogP contribution in [0.2, 0.25) is 0 Å². The Bertz CT molecular complexity index is 821. The molecule has 318 valence electrons. The Morgan fingerprint density at radius 1 is 0.463 bits per heavy atom. The molecule has 4 heteroatoms. The molecule has 0 bridgehead atoms. The molecule has 0 aliphatic carbocycles. The molecule has 3 N–H and O–H groups in total. The quantitative estimate of drug-likeness (QED) is 0.0428. The summed E-state index contributed by atoms with van der Waals surface area (Å²) in [6.07, 6.45) is 61.8. The van der Waals surface area contributed by atoms with E-state index < -0.39 is 12.1 Å². The second-order valence-electron chi connectivity index (χ2n) is 16.5. The first-order valence-electron chi connectivity index (χ1n) is 24.2. The zero-order valence-corrected chi connectivity index (χ0v) is 36.5. The summed E-state index contributed by atoms with van der Waals surface area (Å²) in [5.74, 6) is -0.0775. The number of carbonyl (C=O) groups is 1. The fourth-order valence-corrected chi connectivity index (χ4v) is 7.51. The first kappa shape index (κ1) is 52.6. The molecule has 0 saturated carbocycles. The molecule has 1 amide bonds. The lowest BCUT2D eigenvalue weighted by Crippen LogP contribution is -2.45. The Labute approximate surface area is 338 Å². The van der Waals surface area contributed by atoms with Gasteiger partial charge >= 0.3 is 0 Å². The van der Waals surface area contributed by atoms with Crippen molar-refractivity contribution in [1.29, 1.82) is 0 Å². The average Bonchev–Trinajstić information content (AvgIpc) is 3.18. The number of unbranched alkanes of at least 4 members (excludes halogenated alkanes) is 34. The maximum absolute atomic E-state index is 12.3. The van der Waals surface area contributed by atoms with Crippen LogP contribution in [0.25, 0.3) is 0 Å². The minimum absolute atomic E-state index is 0.0775. The molecule has 4 nitrogen and oxygen atoms in total. The predicted octanol–water partition coefficient (Wildman–Crippen LogP) is 15.4. The largest absolute Gasteiger partial charge is 0.394 e. The molecule has 0 aromatic rings. The second-order valence-corrected chi connectivity index (χ2v) is 16.5. The smallest absolute Gasteiger partial charge is 0.220 e. The van der Waals surface area contributed by atoms with Gasteiger partial charge in [0.1, 0.15) is 0 Å². The van der Waals surface area contributed by atoms with Gasteiger partial charge < -0.3 is 15.5 Å². The van der Waals surface area contributed by atoms with Crippen molar-refractivity contribution in [2.75, 3.05) is 6.61 Å². The van der Waals surface area contributed by atoms with Gasteiger partial charge in [0.15, 0.2) is 0 Å². The molecule has 0 saturated heterocycles. The van der Waals surface area contributed by atoms with Gasteiger partial charge in [-0.25, -0.2) is 0 Å². The Hall–Kier alpha value is -1.39. The molecule has 0 radical (unpaired) electrons. The third-order valence-electron chi connectivity index (χ3n) is 11.2. The first-order chi connectivity index (χ1) is 26.7. The highest BCUT2D eigenvalue weighted by molar-refractivity contribution is 5.76. The van der Waals surface area contributed by atoms with Crippen molar-refractivity contribution in [3.05, 3.63) is 36.5 Å². The van der Waals surface area contributed by atoms with E-state index >= 15 is 0 Å². The maximum atomic E-state index is 12.3. The van der Waals surface area contributed by atoms with Crippen molar-refractivity contribution < 1.29 is 15.0 Å². The van der Waals surface area contributed by atoms with Crippen molar-refractivity contribution in [3.63, 3.8) is 0 Å². The number of hydrogen-bond donors (Lipinski definition) is 3. The third kappa shape index (κ3) is 41.8. The normalized spacial score (nSPS) is 13.2. The number of amides is 1. The Balaban J connectivity index is 3.36. The van der Waals surface area contributed by atoms with E-state index in [0.717, 1.165) is 38.5 Å². The Morgan fingerprint density at radius 2 is 0.759 bits per heavy atom. The molecular weight excluding hydrogens is 663 g/mol. The molecule has 0 aliphatic rings. The minimum atomic E-state index is -0.865. The fraction of sp³-hybridized carbons (Fsp3) is 0.860. The van der Waals surface area contributed by atoms with Crippen LogP contribution in [0.5, 0.6) is 0 Å². The number of aliphatic hydroxyl groups excluding tert-OH is 2. The van der Waals surface area contributed by atoms with Crippen molar-refractivity contribution in [1.82, 2.24) is 5.32 Å². The van der Waals surface area contributed by atoms with Gasteiger partial charge in [-0.15, -0.1) is 0 Å². The third-order valence-corrected chi connectivity index (χ3v) is 11.2. The van der Waals surface area contributed by atoms with Gasteiger partial charge in [0.2, 0.25) is 5.91 Å². The fourth-order valence-electron chi connectivity index (χ4n) is 7.51. The molecular formula is C50H95NO3. The van der Waals surface area contributed by atoms with Gasteiger partial charge in [-0.05, 0) is 39.0 Å². The maximum Gasteiger partial charge on any atom is 0.220 e. The summed E-state index contributed by atoms with van der Waals surface area (Å²) in [6.45, 7) is 4.08. The van der Waals surface area contributed by atoms with Gasteiger partial charge in [-0.2, -0.15) is 0 Å². The van der Waals surface area contributed by atoms with E-state index in [-0.39, 0.29) is 12.5 Å². The van der Waals surface area contributed by atoms with E-state index in [1.54, 1.807) is 6.08 Å². The van der Waals surface area contributed by atoms with Crippen molar-refractivity contribution in [2.45, 2.75) is 270 Å². The summed E-state index contributed by atoms with van der Waals surface area (Å²) in [6, 6.07) is -0.640. The first-order valence-corrected chi connectivity index (χ1v) is 24.2. The minimum Gasteiger partial charge on any atom is -0.394 e. The van der Waals surface area contributed by atoms with Crippen LogP contribution >= 0.6 is 0 Å². The Morgan fingerprint density at radius 3 is 1.07 bits per heavy atom. The zero-order chi connectivity index (χ0) is 39.3. The monoisotopic (exact) mass is 758 g/mol. The molecule has 0 rings (SSSR count). The number of rotatable bonds is 44. The van der Waals surface area contributed by atoms with Gasteiger partial charge in [-0.1, -0.05) is 249 Å². The van der Waals surface area contributed by atoms with Crippen LogP contribution in [-0.2, 0) is 4.79 Å². The number of allylic oxidation sites excluding steroid dienone is 5. The van der Waals surface area contributed by atoms with Crippen LogP contribution in [0.1, 0.15) is 258 Å². The average molecular weight is 758 g/mol. The highest BCUT2D eigenvalue weighted by atomic mass is 16.3. The van der Waals surface area contributed by atoms with Crippen molar-refractivity contribution >= 4 is 5.91 Å². The summed E-state index contributed by atoms with van der Waals surface area (Å²) in [5.41, 5.74) is 0. The standard InChI is InChI=1S/C50H95NO3/c1-3-5-7-9-11-13-14-15-16-17-18-19-20-21-22-23-24-25-26-27-28-29-30-31-32-33-34-35-36-38-40-42-44-46-50(54)51-48(47-52)49(53)45-43-41-39-37-12-10-8-6-4-2/h4,6,12,37,43,45,48-49,52-53H,3,5,7-11,13-36,38-42,44,46-47H2,1-2H3,(H,51,54)/b6-4+,37-12+,45-43+. The van der Waals surface area contributed by atoms with Gasteiger partial charge in [-0.3, -0.25) is 4.79 Å². The van der Waals surface area contributed by atoms with Crippen LogP contribution < -0.4 is 5.32 Å². The Kier molecular flexibility index (Phi) is 44.8. The number of carbonyl (C=O) groups excluding carboxylic acids is 1. The summed E-state index contributed by atoms with van der Waals surface area (Å²) < 4.78 is 0. The van der Waals surface area contributed by atoms with E-state index in [4.69, 9.17) is 0 Å². The van der Waals surface area contributed by atoms with Crippen LogP contribution in [0, 0.1) is 0 Å². The van der Waals surface area contributed by atoms with Gasteiger partial charge in [0.25, 0.3) is 0 Å². The summed E-state index contributed by atoms with van der Waals surface area (Å²) in [5, 5.41) is 22.8. The van der Waals surface area contributed by atoms with E-state index in [1.807, 2.05) is 13.0 Å². The van der Waals surface area contributed by atoms with Crippen LogP contribution in [0.15, 0.2) is 36.5 Å². The SMILES string of the molecule is C/C=C/CC/C=C/CC/C=C/C(O)C(CO)NC(=O)CCCCCCCCCCCCCCCCCCCCCCCCCCCCCCCCCCC. The highest BCUT2D eigenvalue weighted by Crippen LogP contribution is 2.17. The lowest BCUT2D eigenvalue weighted by atomic mass is 10.0. The number of hydrogen-bond acceptors (Lipinski definition) is 3. The molecule has 54 heavy (non-hydrogen) atoms. The predicted molar refractivity (Wildman–Crippen MR) is 239 cm³/mol. The summed E-state index contributed by atoms with van der Waals surface area (Å²) in [4.78, 5) is 12.3. The van der Waals surface area contributed by atoms with E-state index in [2.05, 4.69) is 36.5 Å². The van der Waals surface area contributed by atoms with Crippen LogP contribution in [0.3, 0.4) is 0 Å². The van der Waals surface area contributed by atoms with Crippen LogP contribution in [-0.4, -0.2) is 34.9 Å². The molecule has 2 unspecified atom stereocenters. The number of aliphatic hydroxyl groups is 2. The van der Waals surface area contributed by atoms with Gasteiger partial charge in [0, 0.05) is 6.42 Å². The summed E-state index contributed by atoms with van der Waals surface area (Å²) >= 11 is 0. The molecule has 0 aromatic heterocycles. The highest BCUT2D eigenvalue weighted by Gasteiger charge is 2.17.